The van der Waals surface area contributed by atoms with Crippen molar-refractivity contribution in [1.29, 1.82) is 0 Å². The summed E-state index contributed by atoms with van der Waals surface area (Å²) in [4.78, 5) is 2.37. The minimum atomic E-state index is 0.0812. The lowest BCUT2D eigenvalue weighted by Gasteiger charge is -2.27. The Morgan fingerprint density at radius 2 is 1.55 bits per heavy atom. The Morgan fingerprint density at radius 3 is 2.17 bits per heavy atom. The Kier molecular flexibility index (Phi) is 7.69. The standard InChI is InChI=1S/C27H27NO/c1-3-20-28(22-25-15-18-27(29-2)19-16-25)26(21-24-12-8-5-9-13-24)17-14-23-10-6-4-7-11-23/h3-13,15-16,18-19,26H,1,20-22H2,2H3. The van der Waals surface area contributed by atoms with Crippen LogP contribution >= 0.6 is 0 Å². The second-order valence-electron chi connectivity index (χ2n) is 6.91. The first-order chi connectivity index (χ1) is 14.3. The second-order valence-corrected chi connectivity index (χ2v) is 6.91. The van der Waals surface area contributed by atoms with Crippen molar-refractivity contribution in [2.45, 2.75) is 19.0 Å². The van der Waals surface area contributed by atoms with E-state index in [2.05, 4.69) is 59.7 Å². The molecule has 0 N–H and O–H groups in total. The smallest absolute Gasteiger partial charge is 0.118 e. The minimum Gasteiger partial charge on any atom is -0.497 e. The average molecular weight is 382 g/mol. The molecule has 146 valence electrons. The normalized spacial score (nSPS) is 11.4. The molecule has 0 fully saturated rings. The number of hydrogen-bond acceptors (Lipinski definition) is 2. The summed E-state index contributed by atoms with van der Waals surface area (Å²) in [7, 11) is 1.69. The summed E-state index contributed by atoms with van der Waals surface area (Å²) in [5, 5.41) is 0. The van der Waals surface area contributed by atoms with Gasteiger partial charge in [0.05, 0.1) is 13.2 Å². The van der Waals surface area contributed by atoms with Crippen LogP contribution in [0.25, 0.3) is 0 Å². The number of methoxy groups -OCH3 is 1. The lowest BCUT2D eigenvalue weighted by atomic mass is 10.0. The monoisotopic (exact) mass is 381 g/mol. The molecule has 0 aliphatic carbocycles. The van der Waals surface area contributed by atoms with E-state index in [1.54, 1.807) is 7.11 Å². The Balaban J connectivity index is 1.86. The van der Waals surface area contributed by atoms with Crippen LogP contribution < -0.4 is 4.74 Å². The molecule has 0 bridgehead atoms. The molecule has 3 aromatic carbocycles. The average Bonchev–Trinajstić information content (AvgIpc) is 2.78. The Hall–Kier alpha value is -3.28. The van der Waals surface area contributed by atoms with Gasteiger partial charge in [0.15, 0.2) is 0 Å². The SMILES string of the molecule is C=CCN(Cc1ccc(OC)cc1)C(C#Cc1ccccc1)Cc1ccccc1. The second kappa shape index (κ2) is 10.9. The molecule has 3 rings (SSSR count). The van der Waals surface area contributed by atoms with Gasteiger partial charge < -0.3 is 4.74 Å². The number of nitrogens with zero attached hydrogens (tertiary/aromatic N) is 1. The van der Waals surface area contributed by atoms with Gasteiger partial charge in [0.2, 0.25) is 0 Å². The minimum absolute atomic E-state index is 0.0812. The van der Waals surface area contributed by atoms with Crippen LogP contribution in [0, 0.1) is 11.8 Å². The van der Waals surface area contributed by atoms with Crippen LogP contribution in [0.5, 0.6) is 5.75 Å². The van der Waals surface area contributed by atoms with Gasteiger partial charge in [-0.25, -0.2) is 0 Å². The van der Waals surface area contributed by atoms with Gasteiger partial charge >= 0.3 is 0 Å². The summed E-state index contributed by atoms with van der Waals surface area (Å²) in [5.41, 5.74) is 3.55. The van der Waals surface area contributed by atoms with Crippen molar-refractivity contribution in [2.75, 3.05) is 13.7 Å². The fourth-order valence-corrected chi connectivity index (χ4v) is 3.23. The topological polar surface area (TPSA) is 12.5 Å². The summed E-state index contributed by atoms with van der Waals surface area (Å²) < 4.78 is 5.28. The third-order valence-electron chi connectivity index (χ3n) is 4.78. The molecule has 0 radical (unpaired) electrons. The van der Waals surface area contributed by atoms with Gasteiger partial charge in [-0.3, -0.25) is 4.90 Å². The molecule has 1 unspecified atom stereocenters. The maximum absolute atomic E-state index is 5.28. The van der Waals surface area contributed by atoms with Crippen LogP contribution in [0.1, 0.15) is 16.7 Å². The van der Waals surface area contributed by atoms with Gasteiger partial charge in [0, 0.05) is 18.7 Å². The zero-order valence-electron chi connectivity index (χ0n) is 16.9. The molecule has 2 heteroatoms. The van der Waals surface area contributed by atoms with Crippen molar-refractivity contribution in [1.82, 2.24) is 4.90 Å². The first kappa shape index (κ1) is 20.5. The van der Waals surface area contributed by atoms with Crippen molar-refractivity contribution in [3.8, 4) is 17.6 Å². The van der Waals surface area contributed by atoms with Gasteiger partial charge in [-0.1, -0.05) is 78.6 Å². The first-order valence-corrected chi connectivity index (χ1v) is 9.87. The molecule has 3 aromatic rings. The van der Waals surface area contributed by atoms with E-state index in [4.69, 9.17) is 4.74 Å². The molecule has 0 spiro atoms. The summed E-state index contributed by atoms with van der Waals surface area (Å²) in [6.45, 7) is 5.54. The molecule has 0 aliphatic rings. The summed E-state index contributed by atoms with van der Waals surface area (Å²) in [5.74, 6) is 7.75. The van der Waals surface area contributed by atoms with E-state index in [0.29, 0.717) is 0 Å². The summed E-state index contributed by atoms with van der Waals surface area (Å²) in [6.07, 6.45) is 2.82. The molecule has 0 aromatic heterocycles. The Morgan fingerprint density at radius 1 is 0.897 bits per heavy atom. The van der Waals surface area contributed by atoms with Crippen molar-refractivity contribution in [2.24, 2.45) is 0 Å². The van der Waals surface area contributed by atoms with E-state index in [0.717, 1.165) is 30.8 Å². The fraction of sp³-hybridized carbons (Fsp3) is 0.185. The van der Waals surface area contributed by atoms with Crippen LogP contribution in [-0.4, -0.2) is 24.6 Å². The van der Waals surface area contributed by atoms with Crippen molar-refractivity contribution in [3.63, 3.8) is 0 Å². The zero-order chi connectivity index (χ0) is 20.3. The third-order valence-corrected chi connectivity index (χ3v) is 4.78. The van der Waals surface area contributed by atoms with E-state index in [9.17, 15) is 0 Å². The van der Waals surface area contributed by atoms with Crippen LogP contribution in [0.3, 0.4) is 0 Å². The lowest BCUT2D eigenvalue weighted by molar-refractivity contribution is 0.250. The number of ether oxygens (including phenoxy) is 1. The van der Waals surface area contributed by atoms with Gasteiger partial charge in [0.1, 0.15) is 5.75 Å². The van der Waals surface area contributed by atoms with E-state index in [-0.39, 0.29) is 6.04 Å². The van der Waals surface area contributed by atoms with E-state index in [1.807, 2.05) is 54.6 Å². The zero-order valence-corrected chi connectivity index (χ0v) is 16.9. The quantitative estimate of drug-likeness (QED) is 0.385. The number of benzene rings is 3. The maximum Gasteiger partial charge on any atom is 0.118 e. The maximum atomic E-state index is 5.28. The van der Waals surface area contributed by atoms with Gasteiger partial charge in [-0.15, -0.1) is 6.58 Å². The molecular formula is C27H27NO. The van der Waals surface area contributed by atoms with Crippen molar-refractivity contribution in [3.05, 3.63) is 114 Å². The first-order valence-electron chi connectivity index (χ1n) is 9.87. The Labute approximate surface area is 174 Å². The molecule has 0 heterocycles. The summed E-state index contributed by atoms with van der Waals surface area (Å²) in [6, 6.07) is 29.0. The number of rotatable bonds is 8. The predicted molar refractivity (Wildman–Crippen MR) is 121 cm³/mol. The van der Waals surface area contributed by atoms with Gasteiger partial charge in [-0.05, 0) is 41.8 Å². The fourth-order valence-electron chi connectivity index (χ4n) is 3.23. The lowest BCUT2D eigenvalue weighted by Crippen LogP contribution is -2.35. The Bertz CT molecular complexity index is 937. The van der Waals surface area contributed by atoms with E-state index < -0.39 is 0 Å². The highest BCUT2D eigenvalue weighted by molar-refractivity contribution is 5.36. The molecule has 29 heavy (non-hydrogen) atoms. The third kappa shape index (κ3) is 6.38. The van der Waals surface area contributed by atoms with Gasteiger partial charge in [0.25, 0.3) is 0 Å². The van der Waals surface area contributed by atoms with Crippen molar-refractivity contribution < 1.29 is 4.74 Å². The highest BCUT2D eigenvalue weighted by Crippen LogP contribution is 2.16. The largest absolute Gasteiger partial charge is 0.497 e. The molecule has 0 amide bonds. The predicted octanol–water partition coefficient (Wildman–Crippen LogP) is 5.35. The van der Waals surface area contributed by atoms with Gasteiger partial charge in [-0.2, -0.15) is 0 Å². The highest BCUT2D eigenvalue weighted by atomic mass is 16.5. The molecule has 0 saturated heterocycles. The summed E-state index contributed by atoms with van der Waals surface area (Å²) >= 11 is 0. The van der Waals surface area contributed by atoms with Crippen molar-refractivity contribution >= 4 is 0 Å². The highest BCUT2D eigenvalue weighted by Gasteiger charge is 2.16. The molecule has 0 saturated carbocycles. The van der Waals surface area contributed by atoms with Crippen LogP contribution in [0.2, 0.25) is 0 Å². The molecular weight excluding hydrogens is 354 g/mol. The molecule has 1 atom stereocenters. The molecule has 2 nitrogen and oxygen atoms in total. The molecule has 0 aliphatic heterocycles. The van der Waals surface area contributed by atoms with Crippen LogP contribution in [0.15, 0.2) is 97.6 Å². The van der Waals surface area contributed by atoms with E-state index >= 15 is 0 Å². The van der Waals surface area contributed by atoms with E-state index in [1.165, 1.54) is 11.1 Å². The number of hydrogen-bond donors (Lipinski definition) is 0. The van der Waals surface area contributed by atoms with Crippen LogP contribution in [0.4, 0.5) is 0 Å². The van der Waals surface area contributed by atoms with Crippen LogP contribution in [-0.2, 0) is 13.0 Å².